The molecule has 2 aliphatic heterocycles. The van der Waals surface area contributed by atoms with Gasteiger partial charge in [-0.25, -0.2) is 0 Å². The van der Waals surface area contributed by atoms with E-state index in [-0.39, 0.29) is 0 Å². The lowest BCUT2D eigenvalue weighted by atomic mass is 9.81. The van der Waals surface area contributed by atoms with E-state index < -0.39 is 0 Å². The zero-order chi connectivity index (χ0) is 17.6. The van der Waals surface area contributed by atoms with Gasteiger partial charge in [0.05, 0.1) is 7.11 Å². The Hall–Kier alpha value is -1.33. The van der Waals surface area contributed by atoms with Crippen LogP contribution in [0.1, 0.15) is 51.0 Å². The first-order chi connectivity index (χ1) is 12.2. The summed E-state index contributed by atoms with van der Waals surface area (Å²) in [6.45, 7) is 4.10. The highest BCUT2D eigenvalue weighted by atomic mass is 32.1. The molecule has 138 valence electrons. The summed E-state index contributed by atoms with van der Waals surface area (Å²) in [4.78, 5) is 2.71. The normalized spacial score (nSPS) is 26.1. The monoisotopic (exact) mass is 361 g/mol. The van der Waals surface area contributed by atoms with Gasteiger partial charge < -0.3 is 15.4 Å². The molecule has 0 amide bonds. The van der Waals surface area contributed by atoms with Crippen molar-refractivity contribution in [2.45, 2.75) is 70.1 Å². The molecule has 0 spiro atoms. The summed E-state index contributed by atoms with van der Waals surface area (Å²) >= 11 is 5.45. The van der Waals surface area contributed by atoms with E-state index in [9.17, 15) is 0 Å². The Kier molecular flexibility index (Phi) is 6.54. The molecule has 1 aromatic rings. The highest BCUT2D eigenvalue weighted by Gasteiger charge is 2.38. The van der Waals surface area contributed by atoms with Crippen LogP contribution in [-0.4, -0.2) is 41.8 Å². The van der Waals surface area contributed by atoms with E-state index in [0.717, 1.165) is 30.4 Å². The lowest BCUT2D eigenvalue weighted by Crippen LogP contribution is -2.57. The van der Waals surface area contributed by atoms with E-state index in [4.69, 9.17) is 17.0 Å². The predicted octanol–water partition coefficient (Wildman–Crippen LogP) is 3.45. The lowest BCUT2D eigenvalue weighted by molar-refractivity contribution is 0.0205. The van der Waals surface area contributed by atoms with E-state index in [0.29, 0.717) is 18.1 Å². The van der Waals surface area contributed by atoms with E-state index in [1.807, 2.05) is 6.07 Å². The van der Waals surface area contributed by atoms with Crippen molar-refractivity contribution in [2.75, 3.05) is 13.7 Å². The summed E-state index contributed by atoms with van der Waals surface area (Å²) in [5, 5.41) is 7.68. The van der Waals surface area contributed by atoms with Gasteiger partial charge in [-0.15, -0.1) is 0 Å². The average molecular weight is 362 g/mol. The zero-order valence-corrected chi connectivity index (χ0v) is 16.3. The minimum absolute atomic E-state index is 0.501. The number of thiocarbonyl (C=S) groups is 1. The largest absolute Gasteiger partial charge is 0.496 e. The van der Waals surface area contributed by atoms with Gasteiger partial charge in [0.1, 0.15) is 5.75 Å². The molecule has 1 aromatic carbocycles. The molecule has 2 aliphatic rings. The molecule has 2 fully saturated rings. The second-order valence-electron chi connectivity index (χ2n) is 7.29. The molecule has 4 nitrogen and oxygen atoms in total. The molecule has 2 N–H and O–H groups in total. The number of nitrogens with zero attached hydrogens (tertiary/aromatic N) is 1. The van der Waals surface area contributed by atoms with Gasteiger partial charge >= 0.3 is 0 Å². The van der Waals surface area contributed by atoms with E-state index in [2.05, 4.69) is 40.7 Å². The summed E-state index contributed by atoms with van der Waals surface area (Å²) in [5.74, 6) is 1.01. The molecule has 5 heteroatoms. The number of methoxy groups -OCH3 is 1. The maximum absolute atomic E-state index is 5.56. The first-order valence-corrected chi connectivity index (χ1v) is 10.0. The van der Waals surface area contributed by atoms with Crippen LogP contribution in [0, 0.1) is 0 Å². The highest BCUT2D eigenvalue weighted by Crippen LogP contribution is 2.36. The van der Waals surface area contributed by atoms with Crippen molar-refractivity contribution >= 4 is 17.3 Å². The van der Waals surface area contributed by atoms with Gasteiger partial charge in [-0.3, -0.25) is 4.90 Å². The molecule has 2 heterocycles. The number of nitrogens with one attached hydrogen (secondary N) is 2. The van der Waals surface area contributed by atoms with Crippen LogP contribution >= 0.6 is 12.2 Å². The van der Waals surface area contributed by atoms with E-state index in [1.54, 1.807) is 7.11 Å². The number of fused-ring (bicyclic) bond motifs is 2. The number of hydrogen-bond acceptors (Lipinski definition) is 3. The second-order valence-corrected chi connectivity index (χ2v) is 7.70. The molecular formula is C20H31N3OS. The third-order valence-corrected chi connectivity index (χ3v) is 5.80. The van der Waals surface area contributed by atoms with Crippen LogP contribution in [0.2, 0.25) is 0 Å². The Morgan fingerprint density at radius 2 is 1.96 bits per heavy atom. The van der Waals surface area contributed by atoms with Crippen LogP contribution in [0.15, 0.2) is 24.3 Å². The first-order valence-electron chi connectivity index (χ1n) is 9.63. The number of ether oxygens (including phenoxy) is 1. The van der Waals surface area contributed by atoms with Crippen LogP contribution in [0.3, 0.4) is 0 Å². The average Bonchev–Trinajstić information content (AvgIpc) is 2.61. The minimum atomic E-state index is 0.501. The Bertz CT molecular complexity index is 566. The second kappa shape index (κ2) is 8.86. The molecule has 0 unspecified atom stereocenters. The Morgan fingerprint density at radius 3 is 2.64 bits per heavy atom. The number of benzene rings is 1. The minimum Gasteiger partial charge on any atom is -0.496 e. The van der Waals surface area contributed by atoms with Gasteiger partial charge in [0.2, 0.25) is 0 Å². The molecular weight excluding hydrogens is 330 g/mol. The fourth-order valence-corrected chi connectivity index (χ4v) is 4.63. The Labute approximate surface area is 157 Å². The lowest BCUT2D eigenvalue weighted by Gasteiger charge is -2.49. The maximum atomic E-state index is 5.56. The van der Waals surface area contributed by atoms with Gasteiger partial charge in [-0.1, -0.05) is 31.5 Å². The highest BCUT2D eigenvalue weighted by molar-refractivity contribution is 7.80. The quantitative estimate of drug-likeness (QED) is 0.759. The van der Waals surface area contributed by atoms with Gasteiger partial charge in [0.25, 0.3) is 0 Å². The molecule has 3 rings (SSSR count). The first kappa shape index (κ1) is 18.5. The van der Waals surface area contributed by atoms with Crippen molar-refractivity contribution < 1.29 is 4.74 Å². The van der Waals surface area contributed by atoms with Crippen LogP contribution < -0.4 is 15.4 Å². The van der Waals surface area contributed by atoms with Gasteiger partial charge in [0, 0.05) is 36.8 Å². The molecule has 0 aliphatic carbocycles. The molecule has 0 radical (unpaired) electrons. The molecule has 0 aromatic heterocycles. The van der Waals surface area contributed by atoms with Crippen molar-refractivity contribution in [3.63, 3.8) is 0 Å². The summed E-state index contributed by atoms with van der Waals surface area (Å²) in [5.41, 5.74) is 1.30. The van der Waals surface area contributed by atoms with Crippen LogP contribution in [0.4, 0.5) is 0 Å². The number of piperidine rings is 2. The van der Waals surface area contributed by atoms with Gasteiger partial charge in [0.15, 0.2) is 5.11 Å². The number of hydrogen-bond donors (Lipinski definition) is 2. The van der Waals surface area contributed by atoms with Gasteiger partial charge in [-0.2, -0.15) is 0 Å². The molecule has 25 heavy (non-hydrogen) atoms. The molecule has 2 saturated heterocycles. The fourth-order valence-electron chi connectivity index (χ4n) is 4.36. The number of rotatable bonds is 6. The standard InChI is InChI=1S/C20H31N3OS/c1-3-11-21-20(25)22-16-12-17-8-6-9-18(13-16)23(17)14-15-7-4-5-10-19(15)24-2/h4-5,7,10,16-18H,3,6,8-9,11-14H2,1-2H3,(H2,21,22,25)/t17-,18-/m1/s1. The van der Waals surface area contributed by atoms with Crippen molar-refractivity contribution in [2.24, 2.45) is 0 Å². The summed E-state index contributed by atoms with van der Waals surface area (Å²) < 4.78 is 5.56. The van der Waals surface area contributed by atoms with Crippen LogP contribution in [0.25, 0.3) is 0 Å². The summed E-state index contributed by atoms with van der Waals surface area (Å²) in [7, 11) is 1.76. The Morgan fingerprint density at radius 1 is 1.24 bits per heavy atom. The van der Waals surface area contributed by atoms with Crippen molar-refractivity contribution in [1.82, 2.24) is 15.5 Å². The zero-order valence-electron chi connectivity index (χ0n) is 15.5. The van der Waals surface area contributed by atoms with Gasteiger partial charge in [-0.05, 0) is 50.4 Å². The third kappa shape index (κ3) is 4.64. The molecule has 2 atom stereocenters. The Balaban J connectivity index is 1.63. The fraction of sp³-hybridized carbons (Fsp3) is 0.650. The number of para-hydroxylation sites is 1. The molecule has 2 bridgehead atoms. The topological polar surface area (TPSA) is 36.5 Å². The third-order valence-electron chi connectivity index (χ3n) is 5.54. The smallest absolute Gasteiger partial charge is 0.166 e. The van der Waals surface area contributed by atoms with Crippen molar-refractivity contribution in [3.05, 3.63) is 29.8 Å². The van der Waals surface area contributed by atoms with E-state index >= 15 is 0 Å². The van der Waals surface area contributed by atoms with Crippen LogP contribution in [-0.2, 0) is 6.54 Å². The van der Waals surface area contributed by atoms with Crippen LogP contribution in [0.5, 0.6) is 5.75 Å². The summed E-state index contributed by atoms with van der Waals surface area (Å²) in [6.07, 6.45) is 7.39. The maximum Gasteiger partial charge on any atom is 0.166 e. The summed E-state index contributed by atoms with van der Waals surface area (Å²) in [6, 6.07) is 10.2. The molecule has 0 saturated carbocycles. The SMILES string of the molecule is CCCNC(=S)NC1C[C@H]2CCC[C@H](C1)N2Cc1ccccc1OC. The predicted molar refractivity (Wildman–Crippen MR) is 107 cm³/mol. The van der Waals surface area contributed by atoms with E-state index in [1.165, 1.54) is 37.7 Å². The van der Waals surface area contributed by atoms with Crippen molar-refractivity contribution in [3.8, 4) is 5.75 Å². The van der Waals surface area contributed by atoms with Crippen molar-refractivity contribution in [1.29, 1.82) is 0 Å².